The van der Waals surface area contributed by atoms with E-state index in [-0.39, 0.29) is 24.9 Å². The Labute approximate surface area is 130 Å². The number of carbonyl (C=O) groups excluding carboxylic acids is 1. The summed E-state index contributed by atoms with van der Waals surface area (Å²) in [4.78, 5) is 24.9. The molecule has 1 amide bonds. The summed E-state index contributed by atoms with van der Waals surface area (Å²) < 4.78 is 0. The monoisotopic (exact) mass is 309 g/mol. The Hall–Kier alpha value is -1.81. The molecule has 0 heterocycles. The second-order valence-electron chi connectivity index (χ2n) is 5.17. The Balaban J connectivity index is 3.07. The summed E-state index contributed by atoms with van der Waals surface area (Å²) in [6.45, 7) is 7.32. The first-order valence-electron chi connectivity index (χ1n) is 6.73. The van der Waals surface area contributed by atoms with E-state index < -0.39 is 11.9 Å². The molecule has 0 fully saturated rings. The molecule has 5 heteroatoms. The van der Waals surface area contributed by atoms with Crippen molar-refractivity contribution in [3.8, 4) is 0 Å². The SMILES string of the molecule is C=CCN(CC(=O)O)C(=O)C(c1ccc(Cl)cc1)C(C)C. The maximum atomic E-state index is 12.7. The number of carboxylic acid groups (broad SMARTS) is 1. The van der Waals surface area contributed by atoms with E-state index in [9.17, 15) is 9.59 Å². The van der Waals surface area contributed by atoms with Gasteiger partial charge in [-0.1, -0.05) is 43.7 Å². The number of hydrogen-bond acceptors (Lipinski definition) is 2. The van der Waals surface area contributed by atoms with Crippen LogP contribution in [0.2, 0.25) is 5.02 Å². The van der Waals surface area contributed by atoms with E-state index >= 15 is 0 Å². The minimum atomic E-state index is -1.04. The highest BCUT2D eigenvalue weighted by Crippen LogP contribution is 2.27. The molecule has 1 rings (SSSR count). The van der Waals surface area contributed by atoms with Crippen molar-refractivity contribution in [3.05, 3.63) is 47.5 Å². The van der Waals surface area contributed by atoms with E-state index in [4.69, 9.17) is 16.7 Å². The van der Waals surface area contributed by atoms with Crippen LogP contribution in [0.1, 0.15) is 25.3 Å². The number of carbonyl (C=O) groups is 2. The topological polar surface area (TPSA) is 57.6 Å². The Morgan fingerprint density at radius 2 is 1.90 bits per heavy atom. The number of aliphatic carboxylic acids is 1. The Morgan fingerprint density at radius 3 is 2.33 bits per heavy atom. The normalized spacial score (nSPS) is 12.0. The third-order valence-electron chi connectivity index (χ3n) is 3.15. The lowest BCUT2D eigenvalue weighted by molar-refractivity contribution is -0.145. The van der Waals surface area contributed by atoms with Gasteiger partial charge < -0.3 is 10.0 Å². The number of rotatable bonds is 7. The molecule has 0 radical (unpaired) electrons. The van der Waals surface area contributed by atoms with Gasteiger partial charge in [-0.05, 0) is 23.6 Å². The zero-order valence-corrected chi connectivity index (χ0v) is 13.0. The van der Waals surface area contributed by atoms with Crippen molar-refractivity contribution < 1.29 is 14.7 Å². The fourth-order valence-corrected chi connectivity index (χ4v) is 2.36. The molecule has 1 aromatic rings. The van der Waals surface area contributed by atoms with Crippen LogP contribution in [0.3, 0.4) is 0 Å². The predicted molar refractivity (Wildman–Crippen MR) is 83.4 cm³/mol. The molecule has 1 N–H and O–H groups in total. The van der Waals surface area contributed by atoms with Crippen molar-refractivity contribution in [1.82, 2.24) is 4.90 Å². The highest BCUT2D eigenvalue weighted by atomic mass is 35.5. The van der Waals surface area contributed by atoms with E-state index in [1.54, 1.807) is 24.3 Å². The van der Waals surface area contributed by atoms with Gasteiger partial charge >= 0.3 is 5.97 Å². The van der Waals surface area contributed by atoms with Gasteiger partial charge in [-0.2, -0.15) is 0 Å². The number of amides is 1. The number of halogens is 1. The third kappa shape index (κ3) is 4.90. The maximum Gasteiger partial charge on any atom is 0.323 e. The molecular formula is C16H20ClNO3. The summed E-state index contributed by atoms with van der Waals surface area (Å²) in [5.41, 5.74) is 0.832. The van der Waals surface area contributed by atoms with Crippen molar-refractivity contribution in [2.45, 2.75) is 19.8 Å². The molecule has 0 bridgehead atoms. The van der Waals surface area contributed by atoms with Crippen LogP contribution in [0.5, 0.6) is 0 Å². The smallest absolute Gasteiger partial charge is 0.323 e. The molecule has 1 aromatic carbocycles. The first kappa shape index (κ1) is 17.2. The van der Waals surface area contributed by atoms with Crippen LogP contribution in [-0.4, -0.2) is 35.0 Å². The highest BCUT2D eigenvalue weighted by molar-refractivity contribution is 6.30. The van der Waals surface area contributed by atoms with Crippen LogP contribution in [0.25, 0.3) is 0 Å². The van der Waals surface area contributed by atoms with Gasteiger partial charge in [-0.15, -0.1) is 6.58 Å². The molecule has 4 nitrogen and oxygen atoms in total. The van der Waals surface area contributed by atoms with Crippen LogP contribution in [0.4, 0.5) is 0 Å². The van der Waals surface area contributed by atoms with Crippen LogP contribution >= 0.6 is 11.6 Å². The number of benzene rings is 1. The van der Waals surface area contributed by atoms with Crippen LogP contribution < -0.4 is 0 Å². The van der Waals surface area contributed by atoms with E-state index in [2.05, 4.69) is 6.58 Å². The number of hydrogen-bond donors (Lipinski definition) is 1. The van der Waals surface area contributed by atoms with Gasteiger partial charge in [0.15, 0.2) is 0 Å². The molecule has 114 valence electrons. The summed E-state index contributed by atoms with van der Waals surface area (Å²) in [5, 5.41) is 9.54. The average Bonchev–Trinajstić information content (AvgIpc) is 2.39. The van der Waals surface area contributed by atoms with E-state index in [0.717, 1.165) is 5.56 Å². The second-order valence-corrected chi connectivity index (χ2v) is 5.61. The zero-order valence-electron chi connectivity index (χ0n) is 12.3. The fourth-order valence-electron chi connectivity index (χ4n) is 2.23. The van der Waals surface area contributed by atoms with Crippen LogP contribution in [0.15, 0.2) is 36.9 Å². The Kier molecular flexibility index (Phi) is 6.43. The zero-order chi connectivity index (χ0) is 16.0. The first-order chi connectivity index (χ1) is 9.86. The molecule has 0 saturated carbocycles. The van der Waals surface area contributed by atoms with Gasteiger partial charge in [0.05, 0.1) is 5.92 Å². The van der Waals surface area contributed by atoms with Crippen LogP contribution in [-0.2, 0) is 9.59 Å². The highest BCUT2D eigenvalue weighted by Gasteiger charge is 2.29. The second kappa shape index (κ2) is 7.84. The van der Waals surface area contributed by atoms with Gasteiger partial charge in [-0.3, -0.25) is 9.59 Å². The van der Waals surface area contributed by atoms with Gasteiger partial charge in [0.2, 0.25) is 5.91 Å². The standard InChI is InChI=1S/C16H20ClNO3/c1-4-9-18(10-14(19)20)16(21)15(11(2)3)12-5-7-13(17)8-6-12/h4-8,11,15H,1,9-10H2,2-3H3,(H,19,20). The van der Waals surface area contributed by atoms with Crippen LogP contribution in [0, 0.1) is 5.92 Å². The molecule has 21 heavy (non-hydrogen) atoms. The number of carboxylic acids is 1. The lowest BCUT2D eigenvalue weighted by Crippen LogP contribution is -2.40. The summed E-state index contributed by atoms with van der Waals surface area (Å²) >= 11 is 5.87. The Bertz CT molecular complexity index is 511. The summed E-state index contributed by atoms with van der Waals surface area (Å²) in [6.07, 6.45) is 1.53. The van der Waals surface area contributed by atoms with Crippen molar-refractivity contribution in [2.24, 2.45) is 5.92 Å². The van der Waals surface area contributed by atoms with Gasteiger partial charge in [0, 0.05) is 11.6 Å². The molecule has 0 aliphatic carbocycles. The summed E-state index contributed by atoms with van der Waals surface area (Å²) in [7, 11) is 0. The molecule has 0 aromatic heterocycles. The minimum Gasteiger partial charge on any atom is -0.480 e. The fraction of sp³-hybridized carbons (Fsp3) is 0.375. The molecule has 1 atom stereocenters. The summed E-state index contributed by atoms with van der Waals surface area (Å²) in [6, 6.07) is 7.07. The average molecular weight is 310 g/mol. The van der Waals surface area contributed by atoms with E-state index in [0.29, 0.717) is 5.02 Å². The quantitative estimate of drug-likeness (QED) is 0.787. The Morgan fingerprint density at radius 1 is 1.33 bits per heavy atom. The lowest BCUT2D eigenvalue weighted by Gasteiger charge is -2.27. The van der Waals surface area contributed by atoms with E-state index in [1.165, 1.54) is 11.0 Å². The molecule has 0 spiro atoms. The molecular weight excluding hydrogens is 290 g/mol. The van der Waals surface area contributed by atoms with Crippen molar-refractivity contribution in [2.75, 3.05) is 13.1 Å². The van der Waals surface area contributed by atoms with Gasteiger partial charge in [0.1, 0.15) is 6.54 Å². The minimum absolute atomic E-state index is 0.0415. The number of nitrogens with zero attached hydrogens (tertiary/aromatic N) is 1. The van der Waals surface area contributed by atoms with Gasteiger partial charge in [-0.25, -0.2) is 0 Å². The third-order valence-corrected chi connectivity index (χ3v) is 3.40. The molecule has 0 aliphatic rings. The van der Waals surface area contributed by atoms with Crippen molar-refractivity contribution in [1.29, 1.82) is 0 Å². The first-order valence-corrected chi connectivity index (χ1v) is 7.11. The van der Waals surface area contributed by atoms with Gasteiger partial charge in [0.25, 0.3) is 0 Å². The van der Waals surface area contributed by atoms with E-state index in [1.807, 2.05) is 13.8 Å². The van der Waals surface area contributed by atoms with Crippen molar-refractivity contribution in [3.63, 3.8) is 0 Å². The predicted octanol–water partition coefficient (Wildman–Crippen LogP) is 3.18. The van der Waals surface area contributed by atoms with Crippen molar-refractivity contribution >= 4 is 23.5 Å². The molecule has 0 aliphatic heterocycles. The largest absolute Gasteiger partial charge is 0.480 e. The summed E-state index contributed by atoms with van der Waals surface area (Å²) in [5.74, 6) is -1.61. The maximum absolute atomic E-state index is 12.7. The lowest BCUT2D eigenvalue weighted by atomic mass is 9.87. The molecule has 0 saturated heterocycles. The molecule has 1 unspecified atom stereocenters.